The molecule has 0 aromatic carbocycles. The summed E-state index contributed by atoms with van der Waals surface area (Å²) in [5, 5.41) is 3.20. The van der Waals surface area contributed by atoms with E-state index in [2.05, 4.69) is 9.69 Å². The second kappa shape index (κ2) is 3.71. The zero-order valence-corrected chi connectivity index (χ0v) is 9.74. The summed E-state index contributed by atoms with van der Waals surface area (Å²) in [6.07, 6.45) is 0. The Hall–Kier alpha value is -0.860. The number of rotatable bonds is 3. The fourth-order valence-electron chi connectivity index (χ4n) is 0.885. The van der Waals surface area contributed by atoms with Crippen LogP contribution in [0.15, 0.2) is 4.90 Å². The second-order valence-electron chi connectivity index (χ2n) is 2.76. The molecule has 1 rings (SSSR count). The Labute approximate surface area is 86.9 Å². The van der Waals surface area contributed by atoms with Crippen LogP contribution in [0.1, 0.15) is 0 Å². The van der Waals surface area contributed by atoms with Gasteiger partial charge >= 0.3 is 0 Å². The molecule has 0 saturated carbocycles. The van der Waals surface area contributed by atoms with Crippen molar-refractivity contribution in [3.8, 4) is 0 Å². The Kier molecular flexibility index (Phi) is 2.98. The van der Waals surface area contributed by atoms with Crippen LogP contribution in [0.25, 0.3) is 0 Å². The molecule has 0 atom stereocenters. The maximum Gasteiger partial charge on any atom is 0.249 e. The molecule has 14 heavy (non-hydrogen) atoms. The van der Waals surface area contributed by atoms with Crippen molar-refractivity contribution in [2.75, 3.05) is 32.2 Å². The van der Waals surface area contributed by atoms with E-state index in [9.17, 15) is 8.42 Å². The number of hydrogen-bond acceptors (Lipinski definition) is 6. The molecule has 0 aliphatic rings. The van der Waals surface area contributed by atoms with E-state index in [0.717, 1.165) is 15.8 Å². The van der Waals surface area contributed by atoms with E-state index in [1.165, 1.54) is 14.1 Å². The molecule has 0 aliphatic carbocycles. The summed E-state index contributed by atoms with van der Waals surface area (Å²) in [4.78, 5) is 0.0509. The van der Waals surface area contributed by atoms with E-state index in [4.69, 9.17) is 5.73 Å². The van der Waals surface area contributed by atoms with E-state index in [0.29, 0.717) is 5.00 Å². The minimum absolute atomic E-state index is 0.0352. The summed E-state index contributed by atoms with van der Waals surface area (Å²) < 4.78 is 28.4. The van der Waals surface area contributed by atoms with Gasteiger partial charge in [0, 0.05) is 21.1 Å². The van der Waals surface area contributed by atoms with Crippen molar-refractivity contribution in [1.82, 2.24) is 8.68 Å². The van der Waals surface area contributed by atoms with Gasteiger partial charge in [-0.2, -0.15) is 4.37 Å². The van der Waals surface area contributed by atoms with Gasteiger partial charge in [0.2, 0.25) is 10.0 Å². The van der Waals surface area contributed by atoms with Crippen LogP contribution < -0.4 is 11.1 Å². The Balaban J connectivity index is 3.38. The normalized spacial score (nSPS) is 12.0. The molecule has 3 N–H and O–H groups in total. The second-order valence-corrected chi connectivity index (χ2v) is 5.63. The molecule has 0 bridgehead atoms. The average Bonchev–Trinajstić information content (AvgIpc) is 2.46. The standard InChI is InChI=1S/C6H12N4O2S2/c1-8-6-4(5(7)9-13-6)14(11,12)10(2)3/h8H,1-3H3,(H2,7,9). The van der Waals surface area contributed by atoms with Crippen LogP contribution in [-0.4, -0.2) is 38.2 Å². The van der Waals surface area contributed by atoms with Gasteiger partial charge in [0.05, 0.1) is 0 Å². The van der Waals surface area contributed by atoms with Crippen molar-refractivity contribution in [3.05, 3.63) is 0 Å². The lowest BCUT2D eigenvalue weighted by molar-refractivity contribution is 0.521. The highest BCUT2D eigenvalue weighted by atomic mass is 32.2. The fraction of sp³-hybridized carbons (Fsp3) is 0.500. The summed E-state index contributed by atoms with van der Waals surface area (Å²) in [7, 11) is 1.01. The van der Waals surface area contributed by atoms with E-state index >= 15 is 0 Å². The molecule has 1 heterocycles. The summed E-state index contributed by atoms with van der Waals surface area (Å²) in [5.41, 5.74) is 5.49. The first-order valence-electron chi connectivity index (χ1n) is 3.76. The van der Waals surface area contributed by atoms with Crippen molar-refractivity contribution in [3.63, 3.8) is 0 Å². The highest BCUT2D eigenvalue weighted by Crippen LogP contribution is 2.32. The number of nitrogens with one attached hydrogen (secondary N) is 1. The molecule has 0 radical (unpaired) electrons. The third-order valence-electron chi connectivity index (χ3n) is 1.64. The maximum absolute atomic E-state index is 11.8. The predicted molar refractivity (Wildman–Crippen MR) is 56.9 cm³/mol. The topological polar surface area (TPSA) is 88.3 Å². The highest BCUT2D eigenvalue weighted by molar-refractivity contribution is 7.89. The summed E-state index contributed by atoms with van der Waals surface area (Å²) >= 11 is 1.03. The van der Waals surface area contributed by atoms with Gasteiger partial charge in [-0.1, -0.05) is 0 Å². The van der Waals surface area contributed by atoms with Gasteiger partial charge in [-0.25, -0.2) is 12.7 Å². The van der Waals surface area contributed by atoms with Gasteiger partial charge in [0.1, 0.15) is 5.00 Å². The molecule has 80 valence electrons. The fourth-order valence-corrected chi connectivity index (χ4v) is 2.94. The molecular formula is C6H12N4O2S2. The number of anilines is 2. The molecule has 8 heteroatoms. The maximum atomic E-state index is 11.8. The van der Waals surface area contributed by atoms with Gasteiger partial charge in [0.25, 0.3) is 0 Å². The molecule has 1 aromatic rings. The van der Waals surface area contributed by atoms with E-state index in [1.807, 2.05) is 0 Å². The monoisotopic (exact) mass is 236 g/mol. The molecule has 0 fully saturated rings. The molecule has 0 saturated heterocycles. The molecule has 0 amide bonds. The zero-order chi connectivity index (χ0) is 10.9. The first kappa shape index (κ1) is 11.2. The van der Waals surface area contributed by atoms with Crippen LogP contribution >= 0.6 is 11.5 Å². The van der Waals surface area contributed by atoms with Crippen LogP contribution in [0.2, 0.25) is 0 Å². The molecule has 0 aliphatic heterocycles. The highest BCUT2D eigenvalue weighted by Gasteiger charge is 2.26. The lowest BCUT2D eigenvalue weighted by Gasteiger charge is -2.11. The number of sulfonamides is 1. The van der Waals surface area contributed by atoms with Gasteiger partial charge in [-0.15, -0.1) is 0 Å². The third-order valence-corrected chi connectivity index (χ3v) is 4.54. The average molecular weight is 236 g/mol. The van der Waals surface area contributed by atoms with Crippen molar-refractivity contribution in [1.29, 1.82) is 0 Å². The number of nitrogens with zero attached hydrogens (tertiary/aromatic N) is 2. The lowest BCUT2D eigenvalue weighted by atomic mass is 10.6. The molecule has 1 aromatic heterocycles. The Morgan fingerprint density at radius 1 is 1.50 bits per heavy atom. The Morgan fingerprint density at radius 2 is 2.07 bits per heavy atom. The Morgan fingerprint density at radius 3 is 2.50 bits per heavy atom. The summed E-state index contributed by atoms with van der Waals surface area (Å²) in [5.74, 6) is 0.0352. The van der Waals surface area contributed by atoms with Crippen molar-refractivity contribution < 1.29 is 8.42 Å². The van der Waals surface area contributed by atoms with Crippen LogP contribution in [0.4, 0.5) is 10.8 Å². The van der Waals surface area contributed by atoms with Crippen LogP contribution in [0.3, 0.4) is 0 Å². The first-order chi connectivity index (χ1) is 6.41. The Bertz CT molecular complexity index is 423. The predicted octanol–water partition coefficient (Wildman–Crippen LogP) is 0.0173. The zero-order valence-electron chi connectivity index (χ0n) is 8.10. The van der Waals surface area contributed by atoms with Crippen LogP contribution in [0.5, 0.6) is 0 Å². The minimum atomic E-state index is -3.51. The first-order valence-corrected chi connectivity index (χ1v) is 5.98. The summed E-state index contributed by atoms with van der Waals surface area (Å²) in [6, 6.07) is 0. The molecular weight excluding hydrogens is 224 g/mol. The van der Waals surface area contributed by atoms with Gasteiger partial charge in [-0.05, 0) is 11.5 Å². The van der Waals surface area contributed by atoms with Crippen LogP contribution in [-0.2, 0) is 10.0 Å². The number of nitrogens with two attached hydrogens (primary N) is 1. The molecule has 0 spiro atoms. The number of aromatic nitrogens is 1. The minimum Gasteiger partial charge on any atom is -0.382 e. The van der Waals surface area contributed by atoms with Crippen LogP contribution in [0, 0.1) is 0 Å². The summed E-state index contributed by atoms with van der Waals surface area (Å²) in [6.45, 7) is 0. The SMILES string of the molecule is CNc1snc(N)c1S(=O)(=O)N(C)C. The van der Waals surface area contributed by atoms with E-state index < -0.39 is 10.0 Å². The lowest BCUT2D eigenvalue weighted by Crippen LogP contribution is -2.23. The molecule has 0 unspecified atom stereocenters. The number of hydrogen-bond donors (Lipinski definition) is 2. The van der Waals surface area contributed by atoms with Crippen molar-refractivity contribution in [2.45, 2.75) is 4.90 Å². The quantitative estimate of drug-likeness (QED) is 0.772. The molecule has 6 nitrogen and oxygen atoms in total. The van der Waals surface area contributed by atoms with Gasteiger partial charge < -0.3 is 11.1 Å². The number of nitrogen functional groups attached to an aromatic ring is 1. The van der Waals surface area contributed by atoms with Crippen molar-refractivity contribution in [2.24, 2.45) is 0 Å². The van der Waals surface area contributed by atoms with Gasteiger partial charge in [0.15, 0.2) is 10.7 Å². The van der Waals surface area contributed by atoms with Crippen molar-refractivity contribution >= 4 is 32.4 Å². The van der Waals surface area contributed by atoms with Gasteiger partial charge in [-0.3, -0.25) is 0 Å². The van der Waals surface area contributed by atoms with E-state index in [1.54, 1.807) is 7.05 Å². The van der Waals surface area contributed by atoms with E-state index in [-0.39, 0.29) is 10.7 Å². The largest absolute Gasteiger partial charge is 0.382 e. The third kappa shape index (κ3) is 1.68. The smallest absolute Gasteiger partial charge is 0.249 e.